The van der Waals surface area contributed by atoms with Crippen molar-refractivity contribution in [2.24, 2.45) is 5.73 Å². The molecule has 1 aromatic rings. The first-order valence-corrected chi connectivity index (χ1v) is 7.13. The van der Waals surface area contributed by atoms with E-state index in [1.807, 2.05) is 6.92 Å². The van der Waals surface area contributed by atoms with Crippen LogP contribution >= 0.6 is 12.4 Å². The molecular weight excluding hydrogens is 290 g/mol. The number of benzene rings is 1. The fourth-order valence-corrected chi connectivity index (χ4v) is 2.56. The molecule has 0 fully saturated rings. The Hall–Kier alpha value is -1.60. The predicted molar refractivity (Wildman–Crippen MR) is 75.6 cm³/mol. The Kier molecular flexibility index (Phi) is 5.98. The van der Waals surface area contributed by atoms with Crippen molar-refractivity contribution in [2.45, 2.75) is 18.2 Å². The highest BCUT2D eigenvalue weighted by Crippen LogP contribution is 2.18. The Morgan fingerprint density at radius 2 is 2.00 bits per heavy atom. The predicted octanol–water partition coefficient (Wildman–Crippen LogP) is 0.698. The van der Waals surface area contributed by atoms with Gasteiger partial charge < -0.3 is 5.73 Å². The van der Waals surface area contributed by atoms with Gasteiger partial charge in [-0.1, -0.05) is 13.0 Å². The second-order valence-electron chi connectivity index (χ2n) is 3.82. The van der Waals surface area contributed by atoms with E-state index in [0.29, 0.717) is 12.0 Å². The average Bonchev–Trinajstić information content (AvgIpc) is 2.26. The third-order valence-corrected chi connectivity index (χ3v) is 3.54. The molecule has 0 aliphatic rings. The largest absolute Gasteiger partial charge is 0.370 e. The van der Waals surface area contributed by atoms with E-state index in [2.05, 4.69) is 5.32 Å². The third-order valence-electron chi connectivity index (χ3n) is 2.36. The first kappa shape index (κ1) is 17.4. The number of rotatable bonds is 3. The van der Waals surface area contributed by atoms with Crippen molar-refractivity contribution in [3.05, 3.63) is 29.3 Å². The molecule has 0 saturated heterocycles. The van der Waals surface area contributed by atoms with Crippen molar-refractivity contribution in [3.63, 3.8) is 0 Å². The van der Waals surface area contributed by atoms with Crippen molar-refractivity contribution in [1.29, 1.82) is 5.41 Å². The van der Waals surface area contributed by atoms with E-state index < -0.39 is 21.7 Å². The molecule has 0 unspecified atom stereocenters. The van der Waals surface area contributed by atoms with Crippen molar-refractivity contribution < 1.29 is 13.2 Å². The summed E-state index contributed by atoms with van der Waals surface area (Å²) in [5, 5.41) is 9.06. The average molecular weight is 306 g/mol. The van der Waals surface area contributed by atoms with E-state index in [1.165, 1.54) is 12.1 Å². The third kappa shape index (κ3) is 4.53. The number of sulfone groups is 1. The number of hydrogen-bond donors (Lipinski definition) is 3. The molecule has 6 nitrogen and oxygen atoms in total. The molecule has 0 radical (unpaired) electrons. The fourth-order valence-electron chi connectivity index (χ4n) is 1.53. The quantitative estimate of drug-likeness (QED) is 0.563. The van der Waals surface area contributed by atoms with E-state index in [0.717, 1.165) is 6.26 Å². The summed E-state index contributed by atoms with van der Waals surface area (Å²) < 4.78 is 23.2. The van der Waals surface area contributed by atoms with Crippen LogP contribution in [0.5, 0.6) is 0 Å². The molecule has 0 spiro atoms. The number of carbonyl (C=O) groups excluding carboxylic acids is 1. The molecule has 0 bridgehead atoms. The summed E-state index contributed by atoms with van der Waals surface area (Å²) in [6.07, 6.45) is 1.64. The Morgan fingerprint density at radius 1 is 1.42 bits per heavy atom. The molecule has 1 aromatic carbocycles. The van der Waals surface area contributed by atoms with E-state index in [4.69, 9.17) is 11.1 Å². The number of aryl methyl sites for hydroxylation is 1. The highest BCUT2D eigenvalue weighted by atomic mass is 35.5. The normalized spacial score (nSPS) is 10.4. The maximum atomic E-state index is 11.6. The highest BCUT2D eigenvalue weighted by Gasteiger charge is 2.16. The lowest BCUT2D eigenvalue weighted by Gasteiger charge is -2.09. The Balaban J connectivity index is 0.00000324. The van der Waals surface area contributed by atoms with Gasteiger partial charge in [0.05, 0.1) is 4.90 Å². The Bertz CT molecular complexity index is 599. The van der Waals surface area contributed by atoms with Gasteiger partial charge in [0.2, 0.25) is 0 Å². The van der Waals surface area contributed by atoms with Crippen molar-refractivity contribution in [1.82, 2.24) is 5.32 Å². The van der Waals surface area contributed by atoms with Gasteiger partial charge in [0.25, 0.3) is 5.91 Å². The number of halogens is 1. The van der Waals surface area contributed by atoms with Crippen LogP contribution in [0.25, 0.3) is 0 Å². The van der Waals surface area contributed by atoms with Crippen LogP contribution in [0.4, 0.5) is 0 Å². The van der Waals surface area contributed by atoms with Gasteiger partial charge in [-0.25, -0.2) is 8.42 Å². The van der Waals surface area contributed by atoms with Gasteiger partial charge in [0, 0.05) is 11.8 Å². The topological polar surface area (TPSA) is 113 Å². The van der Waals surface area contributed by atoms with Crippen LogP contribution in [-0.4, -0.2) is 26.5 Å². The molecule has 0 atom stereocenters. The first-order valence-electron chi connectivity index (χ1n) is 5.24. The van der Waals surface area contributed by atoms with E-state index in [1.54, 1.807) is 6.07 Å². The van der Waals surface area contributed by atoms with E-state index >= 15 is 0 Å². The number of carbonyl (C=O) groups is 1. The summed E-state index contributed by atoms with van der Waals surface area (Å²) >= 11 is 0. The minimum absolute atomic E-state index is 0. The highest BCUT2D eigenvalue weighted by molar-refractivity contribution is 7.90. The monoisotopic (exact) mass is 305 g/mol. The Labute approximate surface area is 118 Å². The molecule has 0 heterocycles. The van der Waals surface area contributed by atoms with Crippen LogP contribution in [0.3, 0.4) is 0 Å². The zero-order chi connectivity index (χ0) is 13.9. The van der Waals surface area contributed by atoms with Crippen LogP contribution in [0.15, 0.2) is 23.1 Å². The summed E-state index contributed by atoms with van der Waals surface area (Å²) in [7, 11) is -3.39. The van der Waals surface area contributed by atoms with Crippen LogP contribution in [0.1, 0.15) is 22.8 Å². The van der Waals surface area contributed by atoms with Gasteiger partial charge >= 0.3 is 0 Å². The van der Waals surface area contributed by atoms with E-state index in [-0.39, 0.29) is 22.9 Å². The number of hydrogen-bond acceptors (Lipinski definition) is 4. The van der Waals surface area contributed by atoms with Crippen molar-refractivity contribution in [2.75, 3.05) is 6.26 Å². The minimum atomic E-state index is -3.39. The molecule has 8 heteroatoms. The zero-order valence-corrected chi connectivity index (χ0v) is 12.2. The van der Waals surface area contributed by atoms with Crippen LogP contribution in [-0.2, 0) is 16.3 Å². The van der Waals surface area contributed by atoms with Crippen molar-refractivity contribution >= 4 is 34.1 Å². The first-order chi connectivity index (χ1) is 8.25. The smallest absolute Gasteiger partial charge is 0.257 e. The molecule has 0 aromatic heterocycles. The summed E-state index contributed by atoms with van der Waals surface area (Å²) in [5.41, 5.74) is 5.85. The molecule has 0 aliphatic carbocycles. The SMILES string of the molecule is CCc1ccc(C(=O)NC(=N)N)cc1S(C)(=O)=O.Cl. The Morgan fingerprint density at radius 3 is 2.42 bits per heavy atom. The van der Waals surface area contributed by atoms with Gasteiger partial charge in [-0.2, -0.15) is 0 Å². The van der Waals surface area contributed by atoms with E-state index in [9.17, 15) is 13.2 Å². The van der Waals surface area contributed by atoms with Gasteiger partial charge in [0.15, 0.2) is 15.8 Å². The fraction of sp³-hybridized carbons (Fsp3) is 0.273. The molecule has 4 N–H and O–H groups in total. The van der Waals surface area contributed by atoms with Gasteiger partial charge in [0.1, 0.15) is 0 Å². The number of guanidine groups is 1. The molecule has 0 saturated carbocycles. The molecule has 1 rings (SSSR count). The second-order valence-corrected chi connectivity index (χ2v) is 5.80. The lowest BCUT2D eigenvalue weighted by atomic mass is 10.1. The van der Waals surface area contributed by atoms with Gasteiger partial charge in [-0.15, -0.1) is 12.4 Å². The summed E-state index contributed by atoms with van der Waals surface area (Å²) in [6.45, 7) is 1.83. The zero-order valence-electron chi connectivity index (χ0n) is 10.6. The molecular formula is C11H16ClN3O3S. The molecule has 1 amide bonds. The lowest BCUT2D eigenvalue weighted by molar-refractivity contribution is 0.0976. The van der Waals surface area contributed by atoms with Crippen LogP contribution < -0.4 is 11.1 Å². The van der Waals surface area contributed by atoms with Gasteiger partial charge in [-0.3, -0.25) is 15.5 Å². The molecule has 19 heavy (non-hydrogen) atoms. The summed E-state index contributed by atoms with van der Waals surface area (Å²) in [5.74, 6) is -1.09. The second kappa shape index (κ2) is 6.53. The maximum Gasteiger partial charge on any atom is 0.257 e. The number of amides is 1. The standard InChI is InChI=1S/C11H15N3O3S.ClH/c1-3-7-4-5-8(10(15)14-11(12)13)6-9(7)18(2,16)17;/h4-6H,3H2,1-2H3,(H4,12,13,14,15);1H. The minimum Gasteiger partial charge on any atom is -0.370 e. The number of nitrogens with one attached hydrogen (secondary N) is 2. The van der Waals surface area contributed by atoms with Crippen LogP contribution in [0.2, 0.25) is 0 Å². The molecule has 106 valence electrons. The molecule has 0 aliphatic heterocycles. The maximum absolute atomic E-state index is 11.6. The lowest BCUT2D eigenvalue weighted by Crippen LogP contribution is -2.35. The summed E-state index contributed by atoms with van der Waals surface area (Å²) in [6, 6.07) is 4.39. The number of nitrogens with two attached hydrogens (primary N) is 1. The van der Waals surface area contributed by atoms with Crippen molar-refractivity contribution in [3.8, 4) is 0 Å². The summed E-state index contributed by atoms with van der Waals surface area (Å²) in [4.78, 5) is 11.7. The van der Waals surface area contributed by atoms with Gasteiger partial charge in [-0.05, 0) is 24.1 Å². The van der Waals surface area contributed by atoms with Crippen LogP contribution in [0, 0.1) is 5.41 Å².